The first-order valence-electron chi connectivity index (χ1n) is 5.53. The van der Waals surface area contributed by atoms with Gasteiger partial charge in [-0.05, 0) is 31.2 Å². The van der Waals surface area contributed by atoms with Crippen molar-refractivity contribution in [2.24, 2.45) is 0 Å². The second-order valence-electron chi connectivity index (χ2n) is 3.64. The lowest BCUT2D eigenvalue weighted by Crippen LogP contribution is -2.00. The Morgan fingerprint density at radius 1 is 1.17 bits per heavy atom. The Morgan fingerprint density at radius 2 is 1.89 bits per heavy atom. The van der Waals surface area contributed by atoms with Gasteiger partial charge in [0.25, 0.3) is 5.69 Å². The molecule has 0 saturated carbocycles. The van der Waals surface area contributed by atoms with Gasteiger partial charge in [0.05, 0.1) is 10.6 Å². The number of non-ortho nitro benzene ring substituents is 1. The highest BCUT2D eigenvalue weighted by Crippen LogP contribution is 2.20. The van der Waals surface area contributed by atoms with E-state index in [-0.39, 0.29) is 5.69 Å². The molecule has 2 aromatic rings. The van der Waals surface area contributed by atoms with Crippen LogP contribution < -0.4 is 5.32 Å². The molecule has 6 heteroatoms. The summed E-state index contributed by atoms with van der Waals surface area (Å²) in [5, 5.41) is 21.6. The largest absolute Gasteiger partial charge is 0.369 e. The number of rotatable bonds is 4. The van der Waals surface area contributed by atoms with Crippen LogP contribution in [0.4, 0.5) is 11.5 Å². The minimum absolute atomic E-state index is 0.0657. The summed E-state index contributed by atoms with van der Waals surface area (Å²) >= 11 is 0. The number of benzene rings is 1. The van der Waals surface area contributed by atoms with E-state index in [4.69, 9.17) is 0 Å². The smallest absolute Gasteiger partial charge is 0.269 e. The molecule has 1 N–H and O–H groups in total. The third-order valence-corrected chi connectivity index (χ3v) is 2.40. The lowest BCUT2D eigenvalue weighted by molar-refractivity contribution is -0.384. The van der Waals surface area contributed by atoms with Gasteiger partial charge in [-0.15, -0.1) is 10.2 Å². The van der Waals surface area contributed by atoms with E-state index < -0.39 is 4.92 Å². The van der Waals surface area contributed by atoms with Gasteiger partial charge in [0.2, 0.25) is 0 Å². The zero-order valence-electron chi connectivity index (χ0n) is 9.83. The summed E-state index contributed by atoms with van der Waals surface area (Å²) in [6.07, 6.45) is 0. The molecule has 1 aromatic carbocycles. The average molecular weight is 244 g/mol. The summed E-state index contributed by atoms with van der Waals surface area (Å²) in [5.41, 5.74) is 1.55. The molecule has 2 rings (SSSR count). The molecule has 0 spiro atoms. The van der Waals surface area contributed by atoms with Gasteiger partial charge in [-0.25, -0.2) is 0 Å². The summed E-state index contributed by atoms with van der Waals surface area (Å²) in [6, 6.07) is 9.88. The Kier molecular flexibility index (Phi) is 3.47. The maximum Gasteiger partial charge on any atom is 0.269 e. The molecule has 0 aliphatic carbocycles. The van der Waals surface area contributed by atoms with Gasteiger partial charge in [0, 0.05) is 24.2 Å². The molecule has 0 bridgehead atoms. The van der Waals surface area contributed by atoms with Crippen LogP contribution >= 0.6 is 0 Å². The number of aromatic nitrogens is 2. The molecular formula is C12H12N4O2. The van der Waals surface area contributed by atoms with E-state index in [2.05, 4.69) is 15.5 Å². The Labute approximate surface area is 104 Å². The lowest BCUT2D eigenvalue weighted by Gasteiger charge is -2.03. The van der Waals surface area contributed by atoms with Gasteiger partial charge in [-0.2, -0.15) is 0 Å². The van der Waals surface area contributed by atoms with Crippen LogP contribution in [0, 0.1) is 10.1 Å². The molecule has 0 fully saturated rings. The van der Waals surface area contributed by atoms with Gasteiger partial charge in [-0.3, -0.25) is 10.1 Å². The minimum atomic E-state index is -0.427. The Morgan fingerprint density at radius 3 is 2.39 bits per heavy atom. The summed E-state index contributed by atoms with van der Waals surface area (Å²) in [7, 11) is 0. The minimum Gasteiger partial charge on any atom is -0.369 e. The summed E-state index contributed by atoms with van der Waals surface area (Å²) in [5.74, 6) is 0.711. The van der Waals surface area contributed by atoms with Crippen molar-refractivity contribution in [3.8, 4) is 11.3 Å². The molecule has 0 saturated heterocycles. The molecule has 92 valence electrons. The fourth-order valence-electron chi connectivity index (χ4n) is 1.52. The molecule has 0 atom stereocenters. The van der Waals surface area contributed by atoms with E-state index in [1.807, 2.05) is 19.1 Å². The highest BCUT2D eigenvalue weighted by atomic mass is 16.6. The van der Waals surface area contributed by atoms with Crippen molar-refractivity contribution in [2.75, 3.05) is 11.9 Å². The SMILES string of the molecule is CCNc1ccc(-c2ccc([N+](=O)[O-])cc2)nn1. The Balaban J connectivity index is 2.23. The molecule has 0 radical (unpaired) electrons. The normalized spacial score (nSPS) is 10.1. The number of nitro groups is 1. The van der Waals surface area contributed by atoms with Gasteiger partial charge < -0.3 is 5.32 Å². The number of hydrogen-bond acceptors (Lipinski definition) is 5. The van der Waals surface area contributed by atoms with Crippen LogP contribution in [0.25, 0.3) is 11.3 Å². The van der Waals surface area contributed by atoms with Crippen molar-refractivity contribution < 1.29 is 4.92 Å². The van der Waals surface area contributed by atoms with Crippen molar-refractivity contribution >= 4 is 11.5 Å². The Bertz CT molecular complexity index is 537. The first-order valence-corrected chi connectivity index (χ1v) is 5.53. The zero-order valence-corrected chi connectivity index (χ0v) is 9.83. The van der Waals surface area contributed by atoms with Crippen molar-refractivity contribution in [1.82, 2.24) is 10.2 Å². The lowest BCUT2D eigenvalue weighted by atomic mass is 10.1. The second kappa shape index (κ2) is 5.22. The van der Waals surface area contributed by atoms with E-state index >= 15 is 0 Å². The maximum atomic E-state index is 10.5. The number of nitrogens with zero attached hydrogens (tertiary/aromatic N) is 3. The van der Waals surface area contributed by atoms with E-state index in [0.717, 1.165) is 12.1 Å². The molecule has 1 heterocycles. The fraction of sp³-hybridized carbons (Fsp3) is 0.167. The molecule has 0 aliphatic heterocycles. The van der Waals surface area contributed by atoms with Crippen LogP contribution in [0.15, 0.2) is 36.4 Å². The van der Waals surface area contributed by atoms with E-state index in [1.54, 1.807) is 12.1 Å². The summed E-state index contributed by atoms with van der Waals surface area (Å²) in [4.78, 5) is 10.1. The van der Waals surface area contributed by atoms with Gasteiger partial charge in [-0.1, -0.05) is 0 Å². The second-order valence-corrected chi connectivity index (χ2v) is 3.64. The highest BCUT2D eigenvalue weighted by Gasteiger charge is 2.06. The molecular weight excluding hydrogens is 232 g/mol. The number of nitrogens with one attached hydrogen (secondary N) is 1. The topological polar surface area (TPSA) is 81.0 Å². The van der Waals surface area contributed by atoms with E-state index in [0.29, 0.717) is 11.5 Å². The predicted molar refractivity (Wildman–Crippen MR) is 68.3 cm³/mol. The zero-order chi connectivity index (χ0) is 13.0. The van der Waals surface area contributed by atoms with Gasteiger partial charge in [0.1, 0.15) is 5.82 Å². The van der Waals surface area contributed by atoms with Crippen molar-refractivity contribution in [1.29, 1.82) is 0 Å². The van der Waals surface area contributed by atoms with Crippen LogP contribution in [0.2, 0.25) is 0 Å². The first-order chi connectivity index (χ1) is 8.70. The van der Waals surface area contributed by atoms with Gasteiger partial charge in [0.15, 0.2) is 0 Å². The first kappa shape index (κ1) is 12.0. The molecule has 0 amide bonds. The van der Waals surface area contributed by atoms with Crippen molar-refractivity contribution in [2.45, 2.75) is 6.92 Å². The number of anilines is 1. The molecule has 1 aromatic heterocycles. The predicted octanol–water partition coefficient (Wildman–Crippen LogP) is 2.48. The van der Waals surface area contributed by atoms with Crippen molar-refractivity contribution in [3.63, 3.8) is 0 Å². The highest BCUT2D eigenvalue weighted by molar-refractivity contribution is 5.61. The molecule has 0 aliphatic rings. The van der Waals surface area contributed by atoms with Crippen LogP contribution in [-0.2, 0) is 0 Å². The third-order valence-electron chi connectivity index (χ3n) is 2.40. The third kappa shape index (κ3) is 2.60. The van der Waals surface area contributed by atoms with Crippen LogP contribution in [0.5, 0.6) is 0 Å². The van der Waals surface area contributed by atoms with Gasteiger partial charge >= 0.3 is 0 Å². The standard InChI is InChI=1S/C12H12N4O2/c1-2-13-12-8-7-11(14-15-12)9-3-5-10(6-4-9)16(17)18/h3-8H,2H2,1H3,(H,13,15). The molecule has 0 unspecified atom stereocenters. The molecule has 6 nitrogen and oxygen atoms in total. The number of nitro benzene ring substituents is 1. The fourth-order valence-corrected chi connectivity index (χ4v) is 1.52. The number of hydrogen-bond donors (Lipinski definition) is 1. The van der Waals surface area contributed by atoms with E-state index in [1.165, 1.54) is 12.1 Å². The summed E-state index contributed by atoms with van der Waals surface area (Å²) in [6.45, 7) is 2.76. The van der Waals surface area contributed by atoms with Crippen molar-refractivity contribution in [3.05, 3.63) is 46.5 Å². The maximum absolute atomic E-state index is 10.5. The Hall–Kier alpha value is -2.50. The van der Waals surface area contributed by atoms with Crippen LogP contribution in [0.3, 0.4) is 0 Å². The molecule has 18 heavy (non-hydrogen) atoms. The summed E-state index contributed by atoms with van der Waals surface area (Å²) < 4.78 is 0. The van der Waals surface area contributed by atoms with Crippen LogP contribution in [-0.4, -0.2) is 21.7 Å². The average Bonchev–Trinajstić information content (AvgIpc) is 2.40. The quantitative estimate of drug-likeness (QED) is 0.660. The van der Waals surface area contributed by atoms with Crippen LogP contribution in [0.1, 0.15) is 6.92 Å². The monoisotopic (exact) mass is 244 g/mol. The van der Waals surface area contributed by atoms with E-state index in [9.17, 15) is 10.1 Å².